The fourth-order valence-electron chi connectivity index (χ4n) is 3.06. The van der Waals surface area contributed by atoms with Crippen LogP contribution in [0.3, 0.4) is 0 Å². The van der Waals surface area contributed by atoms with Gasteiger partial charge in [0.1, 0.15) is 5.75 Å². The largest absolute Gasteiger partial charge is 0.482 e. The van der Waals surface area contributed by atoms with E-state index < -0.39 is 10.0 Å². The van der Waals surface area contributed by atoms with E-state index in [2.05, 4.69) is 22.2 Å². The minimum atomic E-state index is -3.85. The number of hydrogen-bond acceptors (Lipinski definition) is 4. The molecule has 0 aliphatic heterocycles. The second-order valence-electron chi connectivity index (χ2n) is 7.49. The zero-order chi connectivity index (χ0) is 23.8. The molecule has 3 aromatic carbocycles. The predicted octanol–water partition coefficient (Wildman–Crippen LogP) is 5.31. The number of carbonyl (C=O) groups excluding carboxylic acids is 1. The normalized spacial score (nSPS) is 12.1. The molecule has 33 heavy (non-hydrogen) atoms. The van der Waals surface area contributed by atoms with Gasteiger partial charge in [-0.2, -0.15) is 0 Å². The Morgan fingerprint density at radius 3 is 2.36 bits per heavy atom. The molecule has 3 aromatic rings. The molecule has 0 aliphatic rings. The monoisotopic (exact) mass is 506 g/mol. The smallest absolute Gasteiger partial charge is 0.261 e. The number of benzene rings is 3. The van der Waals surface area contributed by atoms with E-state index in [1.807, 2.05) is 25.1 Å². The van der Waals surface area contributed by atoms with Gasteiger partial charge in [-0.3, -0.25) is 9.52 Å². The van der Waals surface area contributed by atoms with Gasteiger partial charge in [0.2, 0.25) is 0 Å². The van der Waals surface area contributed by atoms with Crippen LogP contribution in [0.25, 0.3) is 0 Å². The summed E-state index contributed by atoms with van der Waals surface area (Å²) in [6.45, 7) is 1.70. The van der Waals surface area contributed by atoms with Gasteiger partial charge in [0.05, 0.1) is 9.92 Å². The Morgan fingerprint density at radius 2 is 1.70 bits per heavy atom. The number of sulfonamides is 1. The van der Waals surface area contributed by atoms with Crippen molar-refractivity contribution in [3.8, 4) is 5.75 Å². The molecule has 0 fully saturated rings. The third-order valence-electron chi connectivity index (χ3n) is 4.79. The van der Waals surface area contributed by atoms with E-state index in [4.69, 9.17) is 27.9 Å². The van der Waals surface area contributed by atoms with Crippen LogP contribution >= 0.6 is 23.2 Å². The van der Waals surface area contributed by atoms with Gasteiger partial charge in [-0.15, -0.1) is 0 Å². The Bertz CT molecular complexity index is 1190. The molecule has 3 rings (SSSR count). The maximum Gasteiger partial charge on any atom is 0.261 e. The van der Waals surface area contributed by atoms with Crippen LogP contribution in [0.15, 0.2) is 77.7 Å². The highest BCUT2D eigenvalue weighted by molar-refractivity contribution is 7.92. The van der Waals surface area contributed by atoms with Crippen molar-refractivity contribution in [1.82, 2.24) is 5.32 Å². The molecule has 1 amide bonds. The molecule has 0 bridgehead atoms. The molecule has 0 aliphatic carbocycles. The SMILES string of the molecule is C[C@@H](CCc1ccccc1)NC(=O)COc1ccc(S(=O)(=O)Nc2ccc(Cl)cc2)cc1Cl. The summed E-state index contributed by atoms with van der Waals surface area (Å²) in [5.74, 6) is -0.0677. The second-order valence-corrected chi connectivity index (χ2v) is 10.0. The lowest BCUT2D eigenvalue weighted by atomic mass is 10.1. The van der Waals surface area contributed by atoms with E-state index in [0.29, 0.717) is 10.7 Å². The number of anilines is 1. The van der Waals surface area contributed by atoms with E-state index in [1.165, 1.54) is 23.8 Å². The Hall–Kier alpha value is -2.74. The maximum absolute atomic E-state index is 12.6. The van der Waals surface area contributed by atoms with E-state index in [9.17, 15) is 13.2 Å². The Labute approximate surface area is 203 Å². The van der Waals surface area contributed by atoms with Crippen molar-refractivity contribution >= 4 is 44.8 Å². The topological polar surface area (TPSA) is 84.5 Å². The van der Waals surface area contributed by atoms with E-state index in [-0.39, 0.29) is 34.2 Å². The first-order valence-corrected chi connectivity index (χ1v) is 12.5. The van der Waals surface area contributed by atoms with Crippen molar-refractivity contribution in [2.24, 2.45) is 0 Å². The minimum Gasteiger partial charge on any atom is -0.482 e. The highest BCUT2D eigenvalue weighted by Gasteiger charge is 2.17. The van der Waals surface area contributed by atoms with Crippen LogP contribution < -0.4 is 14.8 Å². The van der Waals surface area contributed by atoms with Crippen LogP contribution in [-0.4, -0.2) is 27.0 Å². The van der Waals surface area contributed by atoms with Gasteiger partial charge < -0.3 is 10.1 Å². The number of ether oxygens (including phenoxy) is 1. The lowest BCUT2D eigenvalue weighted by Crippen LogP contribution is -2.36. The van der Waals surface area contributed by atoms with Crippen molar-refractivity contribution in [3.05, 3.63) is 88.4 Å². The lowest BCUT2D eigenvalue weighted by Gasteiger charge is -2.15. The first kappa shape index (κ1) is 24.9. The van der Waals surface area contributed by atoms with Crippen LogP contribution in [0.2, 0.25) is 10.0 Å². The van der Waals surface area contributed by atoms with Gasteiger partial charge in [-0.25, -0.2) is 8.42 Å². The van der Waals surface area contributed by atoms with E-state index in [1.54, 1.807) is 24.3 Å². The van der Waals surface area contributed by atoms with Crippen LogP contribution in [0.5, 0.6) is 5.75 Å². The third-order valence-corrected chi connectivity index (χ3v) is 6.71. The fraction of sp³-hybridized carbons (Fsp3) is 0.208. The molecule has 0 spiro atoms. The summed E-state index contributed by atoms with van der Waals surface area (Å²) < 4.78 is 33.1. The summed E-state index contributed by atoms with van der Waals surface area (Å²) in [4.78, 5) is 12.2. The molecular weight excluding hydrogens is 483 g/mol. The molecule has 2 N–H and O–H groups in total. The van der Waals surface area contributed by atoms with Crippen molar-refractivity contribution in [2.75, 3.05) is 11.3 Å². The molecule has 0 saturated carbocycles. The number of carbonyl (C=O) groups is 1. The molecule has 1 atom stereocenters. The van der Waals surface area contributed by atoms with Crippen LogP contribution in [-0.2, 0) is 21.2 Å². The molecule has 9 heteroatoms. The van der Waals surface area contributed by atoms with Crippen LogP contribution in [0, 0.1) is 0 Å². The standard InChI is InChI=1S/C24H24Cl2N2O4S/c1-17(7-8-18-5-3-2-4-6-18)27-24(29)16-32-23-14-13-21(15-22(23)26)33(30,31)28-20-11-9-19(25)10-12-20/h2-6,9-15,17,28H,7-8,16H2,1H3,(H,27,29)/t17-/m0/s1. The zero-order valence-electron chi connectivity index (χ0n) is 17.9. The number of nitrogens with one attached hydrogen (secondary N) is 2. The fourth-order valence-corrected chi connectivity index (χ4v) is 4.57. The van der Waals surface area contributed by atoms with Gasteiger partial charge in [0.25, 0.3) is 15.9 Å². The molecule has 6 nitrogen and oxygen atoms in total. The van der Waals surface area contributed by atoms with Crippen molar-refractivity contribution < 1.29 is 17.9 Å². The third kappa shape index (κ3) is 7.67. The summed E-state index contributed by atoms with van der Waals surface area (Å²) in [7, 11) is -3.85. The van der Waals surface area contributed by atoms with Gasteiger partial charge >= 0.3 is 0 Å². The van der Waals surface area contributed by atoms with Crippen molar-refractivity contribution in [2.45, 2.75) is 30.7 Å². The molecule has 0 radical (unpaired) electrons. The molecule has 0 saturated heterocycles. The Balaban J connectivity index is 1.52. The van der Waals surface area contributed by atoms with Gasteiger partial charge in [-0.05, 0) is 67.8 Å². The summed E-state index contributed by atoms with van der Waals surface area (Å²) in [6.07, 6.45) is 1.65. The first-order valence-electron chi connectivity index (χ1n) is 10.3. The lowest BCUT2D eigenvalue weighted by molar-refractivity contribution is -0.123. The summed E-state index contributed by atoms with van der Waals surface area (Å²) in [6, 6.07) is 20.3. The number of halogens is 2. The molecular formula is C24H24Cl2N2O4S. The predicted molar refractivity (Wildman–Crippen MR) is 132 cm³/mol. The molecule has 0 unspecified atom stereocenters. The zero-order valence-corrected chi connectivity index (χ0v) is 20.3. The minimum absolute atomic E-state index is 0.0248. The summed E-state index contributed by atoms with van der Waals surface area (Å²) in [5.41, 5.74) is 1.58. The summed E-state index contributed by atoms with van der Waals surface area (Å²) in [5, 5.41) is 3.46. The van der Waals surface area contributed by atoms with E-state index in [0.717, 1.165) is 12.8 Å². The summed E-state index contributed by atoms with van der Waals surface area (Å²) >= 11 is 12.0. The van der Waals surface area contributed by atoms with Crippen molar-refractivity contribution in [3.63, 3.8) is 0 Å². The average molecular weight is 507 g/mol. The molecule has 174 valence electrons. The van der Waals surface area contributed by atoms with Gasteiger partial charge in [-0.1, -0.05) is 53.5 Å². The van der Waals surface area contributed by atoms with Crippen molar-refractivity contribution in [1.29, 1.82) is 0 Å². The van der Waals surface area contributed by atoms with Gasteiger partial charge in [0, 0.05) is 16.8 Å². The Morgan fingerprint density at radius 1 is 1.00 bits per heavy atom. The molecule has 0 aromatic heterocycles. The highest BCUT2D eigenvalue weighted by atomic mass is 35.5. The average Bonchev–Trinajstić information content (AvgIpc) is 2.79. The quantitative estimate of drug-likeness (QED) is 0.390. The van der Waals surface area contributed by atoms with Crippen LogP contribution in [0.4, 0.5) is 5.69 Å². The number of hydrogen-bond donors (Lipinski definition) is 2. The number of rotatable bonds is 10. The number of amides is 1. The first-order chi connectivity index (χ1) is 15.7. The highest BCUT2D eigenvalue weighted by Crippen LogP contribution is 2.28. The molecule has 0 heterocycles. The Kier molecular flexibility index (Phi) is 8.61. The van der Waals surface area contributed by atoms with E-state index >= 15 is 0 Å². The second kappa shape index (κ2) is 11.4. The van der Waals surface area contributed by atoms with Crippen LogP contribution in [0.1, 0.15) is 18.9 Å². The van der Waals surface area contributed by atoms with Gasteiger partial charge in [0.15, 0.2) is 6.61 Å². The number of aryl methyl sites for hydroxylation is 1. The maximum atomic E-state index is 12.6.